The Morgan fingerprint density at radius 2 is 2.14 bits per heavy atom. The van der Waals surface area contributed by atoms with Crippen LogP contribution in [0, 0.1) is 0 Å². The monoisotopic (exact) mass is 366 g/mol. The number of halogens is 1. The number of ether oxygens (including phenoxy) is 1. The minimum atomic E-state index is 0.558. The van der Waals surface area contributed by atoms with Crippen LogP contribution in [-0.2, 0) is 20.1 Å². The molecule has 0 aliphatic heterocycles. The van der Waals surface area contributed by atoms with Crippen molar-refractivity contribution in [1.29, 1.82) is 0 Å². The number of aliphatic imine (C=N–C) groups is 1. The number of methoxy groups -OCH3 is 1. The Hall–Kier alpha value is -2.09. The van der Waals surface area contributed by atoms with Crippen LogP contribution < -0.4 is 15.4 Å². The maximum atomic E-state index is 5.22. The van der Waals surface area contributed by atoms with E-state index in [4.69, 9.17) is 4.74 Å². The summed E-state index contributed by atoms with van der Waals surface area (Å²) in [4.78, 5) is 8.35. The van der Waals surface area contributed by atoms with Crippen molar-refractivity contribution in [2.75, 3.05) is 14.2 Å². The second kappa shape index (κ2) is 7.79. The number of guanidine groups is 1. The molecule has 0 saturated heterocycles. The van der Waals surface area contributed by atoms with E-state index in [1.54, 1.807) is 18.8 Å². The molecule has 0 fully saturated rings. The normalized spacial score (nSPS) is 11.4. The predicted molar refractivity (Wildman–Crippen MR) is 88.7 cm³/mol. The fourth-order valence-corrected chi connectivity index (χ4v) is 2.46. The lowest BCUT2D eigenvalue weighted by Crippen LogP contribution is -2.36. The Morgan fingerprint density at radius 3 is 2.73 bits per heavy atom. The van der Waals surface area contributed by atoms with Gasteiger partial charge in [0.15, 0.2) is 5.96 Å². The molecule has 1 aromatic heterocycles. The third-order valence-corrected chi connectivity index (χ3v) is 3.74. The van der Waals surface area contributed by atoms with E-state index in [1.807, 2.05) is 25.2 Å². The third-order valence-electron chi connectivity index (χ3n) is 3.12. The molecule has 0 aliphatic rings. The number of nitrogens with zero attached hydrogens (tertiary/aromatic N) is 4. The van der Waals surface area contributed by atoms with Crippen LogP contribution in [0.2, 0.25) is 0 Å². The molecule has 1 aromatic carbocycles. The molecular weight excluding hydrogens is 348 g/mol. The van der Waals surface area contributed by atoms with Crippen molar-refractivity contribution < 1.29 is 4.74 Å². The predicted octanol–water partition coefficient (Wildman–Crippen LogP) is 1.45. The summed E-state index contributed by atoms with van der Waals surface area (Å²) in [5.41, 5.74) is 1.12. The maximum absolute atomic E-state index is 5.22. The van der Waals surface area contributed by atoms with E-state index in [0.29, 0.717) is 19.0 Å². The topological polar surface area (TPSA) is 76.4 Å². The largest absolute Gasteiger partial charge is 0.496 e. The van der Waals surface area contributed by atoms with Crippen LogP contribution in [0.5, 0.6) is 5.75 Å². The molecule has 0 bridgehead atoms. The molecule has 0 radical (unpaired) electrons. The van der Waals surface area contributed by atoms with Crippen LogP contribution in [-0.4, -0.2) is 34.9 Å². The molecular formula is C14H19BrN6O. The standard InChI is InChI=1S/C14H19BrN6O/c1-16-14(18-8-13-19-9-20-21(13)2)17-7-10-4-5-12(22-3)11(15)6-10/h4-6,9H,7-8H2,1-3H3,(H2,16,17,18). The molecule has 22 heavy (non-hydrogen) atoms. The summed E-state index contributed by atoms with van der Waals surface area (Å²) in [6, 6.07) is 5.95. The van der Waals surface area contributed by atoms with Gasteiger partial charge in [0.2, 0.25) is 0 Å². The third kappa shape index (κ3) is 4.20. The van der Waals surface area contributed by atoms with E-state index >= 15 is 0 Å². The first-order valence-corrected chi connectivity index (χ1v) is 7.53. The molecule has 2 rings (SSSR count). The van der Waals surface area contributed by atoms with Crippen LogP contribution in [0.4, 0.5) is 0 Å². The second-order valence-corrected chi connectivity index (χ2v) is 5.40. The number of nitrogens with one attached hydrogen (secondary N) is 2. The van der Waals surface area contributed by atoms with Gasteiger partial charge in [-0.05, 0) is 33.6 Å². The molecule has 0 unspecified atom stereocenters. The first kappa shape index (κ1) is 16.3. The average molecular weight is 367 g/mol. The minimum absolute atomic E-state index is 0.558. The number of hydrogen-bond donors (Lipinski definition) is 2. The van der Waals surface area contributed by atoms with Crippen molar-refractivity contribution in [1.82, 2.24) is 25.4 Å². The van der Waals surface area contributed by atoms with Gasteiger partial charge >= 0.3 is 0 Å². The SMILES string of the molecule is CN=C(NCc1ccc(OC)c(Br)c1)NCc1ncnn1C. The summed E-state index contributed by atoms with van der Waals surface area (Å²) in [5.74, 6) is 2.36. The van der Waals surface area contributed by atoms with Crippen LogP contribution in [0.1, 0.15) is 11.4 Å². The second-order valence-electron chi connectivity index (χ2n) is 4.55. The zero-order valence-electron chi connectivity index (χ0n) is 12.8. The average Bonchev–Trinajstić information content (AvgIpc) is 2.93. The number of hydrogen-bond acceptors (Lipinski definition) is 4. The van der Waals surface area contributed by atoms with Crippen molar-refractivity contribution in [3.63, 3.8) is 0 Å². The molecule has 0 amide bonds. The summed E-state index contributed by atoms with van der Waals surface area (Å²) >= 11 is 3.48. The Kier molecular flexibility index (Phi) is 5.76. The first-order valence-electron chi connectivity index (χ1n) is 6.74. The van der Waals surface area contributed by atoms with E-state index in [1.165, 1.54) is 6.33 Å². The molecule has 8 heteroatoms. The van der Waals surface area contributed by atoms with Gasteiger partial charge < -0.3 is 15.4 Å². The Morgan fingerprint density at radius 1 is 1.36 bits per heavy atom. The zero-order chi connectivity index (χ0) is 15.9. The highest BCUT2D eigenvalue weighted by Crippen LogP contribution is 2.25. The lowest BCUT2D eigenvalue weighted by atomic mass is 10.2. The molecule has 2 aromatic rings. The van der Waals surface area contributed by atoms with Crippen LogP contribution in [0.25, 0.3) is 0 Å². The van der Waals surface area contributed by atoms with Crippen LogP contribution in [0.3, 0.4) is 0 Å². The molecule has 0 saturated carbocycles. The van der Waals surface area contributed by atoms with Gasteiger partial charge in [0, 0.05) is 20.6 Å². The van der Waals surface area contributed by atoms with Crippen molar-refractivity contribution >= 4 is 21.9 Å². The molecule has 0 aliphatic carbocycles. The van der Waals surface area contributed by atoms with E-state index in [9.17, 15) is 0 Å². The Labute approximate surface area is 137 Å². The van der Waals surface area contributed by atoms with E-state index < -0.39 is 0 Å². The fourth-order valence-electron chi connectivity index (χ4n) is 1.87. The summed E-state index contributed by atoms with van der Waals surface area (Å²) in [6.45, 7) is 1.21. The van der Waals surface area contributed by atoms with Crippen molar-refractivity contribution in [2.24, 2.45) is 12.0 Å². The molecule has 0 atom stereocenters. The number of benzene rings is 1. The van der Waals surface area contributed by atoms with Gasteiger partial charge in [-0.3, -0.25) is 9.67 Å². The summed E-state index contributed by atoms with van der Waals surface area (Å²) < 4.78 is 7.87. The summed E-state index contributed by atoms with van der Waals surface area (Å²) in [5, 5.41) is 10.5. The van der Waals surface area contributed by atoms with E-state index in [-0.39, 0.29) is 0 Å². The van der Waals surface area contributed by atoms with Crippen molar-refractivity contribution in [2.45, 2.75) is 13.1 Å². The molecule has 0 spiro atoms. The lowest BCUT2D eigenvalue weighted by Gasteiger charge is -2.12. The number of aryl methyl sites for hydroxylation is 1. The van der Waals surface area contributed by atoms with Gasteiger partial charge in [0.1, 0.15) is 17.9 Å². The van der Waals surface area contributed by atoms with Gasteiger partial charge in [-0.15, -0.1) is 0 Å². The van der Waals surface area contributed by atoms with E-state index in [0.717, 1.165) is 21.6 Å². The van der Waals surface area contributed by atoms with Gasteiger partial charge in [-0.2, -0.15) is 5.10 Å². The molecule has 7 nitrogen and oxygen atoms in total. The van der Waals surface area contributed by atoms with Gasteiger partial charge in [-0.1, -0.05) is 6.07 Å². The van der Waals surface area contributed by atoms with Gasteiger partial charge in [0.25, 0.3) is 0 Å². The van der Waals surface area contributed by atoms with Crippen molar-refractivity contribution in [3.05, 3.63) is 40.4 Å². The van der Waals surface area contributed by atoms with E-state index in [2.05, 4.69) is 41.6 Å². The molecule has 2 N–H and O–H groups in total. The summed E-state index contributed by atoms with van der Waals surface area (Å²) in [6.07, 6.45) is 1.53. The Balaban J connectivity index is 1.88. The first-order chi connectivity index (χ1) is 10.6. The summed E-state index contributed by atoms with van der Waals surface area (Å²) in [7, 11) is 5.24. The molecule has 1 heterocycles. The smallest absolute Gasteiger partial charge is 0.191 e. The highest BCUT2D eigenvalue weighted by Gasteiger charge is 2.04. The van der Waals surface area contributed by atoms with Gasteiger partial charge in [0.05, 0.1) is 18.1 Å². The van der Waals surface area contributed by atoms with Crippen LogP contribution in [0.15, 0.2) is 34.0 Å². The van der Waals surface area contributed by atoms with Crippen LogP contribution >= 0.6 is 15.9 Å². The fraction of sp³-hybridized carbons (Fsp3) is 0.357. The number of rotatable bonds is 5. The highest BCUT2D eigenvalue weighted by atomic mass is 79.9. The van der Waals surface area contributed by atoms with Gasteiger partial charge in [-0.25, -0.2) is 4.98 Å². The quantitative estimate of drug-likeness (QED) is 0.618. The maximum Gasteiger partial charge on any atom is 0.191 e. The lowest BCUT2D eigenvalue weighted by molar-refractivity contribution is 0.412. The Bertz CT molecular complexity index is 655. The zero-order valence-corrected chi connectivity index (χ0v) is 14.4. The van der Waals surface area contributed by atoms with Crippen molar-refractivity contribution in [3.8, 4) is 5.75 Å². The minimum Gasteiger partial charge on any atom is -0.496 e. The highest BCUT2D eigenvalue weighted by molar-refractivity contribution is 9.10. The number of aromatic nitrogens is 3. The molecule has 118 valence electrons.